The van der Waals surface area contributed by atoms with Crippen molar-refractivity contribution in [3.05, 3.63) is 38.9 Å². The number of benzene rings is 1. The van der Waals surface area contributed by atoms with Crippen molar-refractivity contribution >= 4 is 23.1 Å². The number of carbonyl (C=O) groups excluding carboxylic acids is 1. The Morgan fingerprint density at radius 3 is 2.76 bits per heavy atom. The summed E-state index contributed by atoms with van der Waals surface area (Å²) in [6, 6.07) is 3.88. The lowest BCUT2D eigenvalue weighted by Crippen LogP contribution is -2.01. The van der Waals surface area contributed by atoms with Crippen LogP contribution in [0.4, 0.5) is 5.69 Å². The zero-order chi connectivity index (χ0) is 12.4. The molecule has 0 aliphatic heterocycles. The SMILES string of the molecule is O=C(C#CC1CC1)c1cc(Cl)ccc1[N+](=O)[O-]. The van der Waals surface area contributed by atoms with Crippen molar-refractivity contribution in [3.8, 4) is 11.8 Å². The molecule has 5 heteroatoms. The third-order valence-electron chi connectivity index (χ3n) is 2.37. The van der Waals surface area contributed by atoms with Gasteiger partial charge in [-0.3, -0.25) is 14.9 Å². The van der Waals surface area contributed by atoms with E-state index in [0.29, 0.717) is 0 Å². The smallest absolute Gasteiger partial charge is 0.279 e. The van der Waals surface area contributed by atoms with Crippen LogP contribution < -0.4 is 0 Å². The van der Waals surface area contributed by atoms with Crippen LogP contribution in [-0.4, -0.2) is 10.7 Å². The molecule has 2 rings (SSSR count). The first-order valence-corrected chi connectivity index (χ1v) is 5.45. The lowest BCUT2D eigenvalue weighted by molar-refractivity contribution is -0.385. The molecule has 0 amide bonds. The average molecular weight is 250 g/mol. The summed E-state index contributed by atoms with van der Waals surface area (Å²) in [7, 11) is 0. The van der Waals surface area contributed by atoms with Gasteiger partial charge in [-0.2, -0.15) is 0 Å². The van der Waals surface area contributed by atoms with E-state index in [4.69, 9.17) is 11.6 Å². The van der Waals surface area contributed by atoms with Crippen LogP contribution in [-0.2, 0) is 0 Å². The Bertz CT molecular complexity index is 553. The molecule has 0 radical (unpaired) electrons. The molecule has 17 heavy (non-hydrogen) atoms. The van der Waals surface area contributed by atoms with Gasteiger partial charge in [0.25, 0.3) is 5.69 Å². The van der Waals surface area contributed by atoms with E-state index in [9.17, 15) is 14.9 Å². The molecule has 86 valence electrons. The number of nitrogens with zero attached hydrogens (tertiary/aromatic N) is 1. The molecular weight excluding hydrogens is 242 g/mol. The molecule has 0 spiro atoms. The van der Waals surface area contributed by atoms with E-state index in [2.05, 4.69) is 11.8 Å². The van der Waals surface area contributed by atoms with Gasteiger partial charge in [-0.05, 0) is 30.9 Å². The van der Waals surface area contributed by atoms with Crippen molar-refractivity contribution < 1.29 is 9.72 Å². The predicted molar refractivity (Wildman–Crippen MR) is 62.9 cm³/mol. The van der Waals surface area contributed by atoms with Crippen LogP contribution in [0.2, 0.25) is 5.02 Å². The van der Waals surface area contributed by atoms with Gasteiger partial charge >= 0.3 is 0 Å². The van der Waals surface area contributed by atoms with Crippen LogP contribution in [0.1, 0.15) is 23.2 Å². The van der Waals surface area contributed by atoms with Gasteiger partial charge in [-0.15, -0.1) is 0 Å². The molecule has 1 aliphatic rings. The van der Waals surface area contributed by atoms with E-state index < -0.39 is 10.7 Å². The minimum atomic E-state index is -0.609. The van der Waals surface area contributed by atoms with E-state index in [1.165, 1.54) is 18.2 Å². The molecule has 1 fully saturated rings. The van der Waals surface area contributed by atoms with E-state index in [1.54, 1.807) is 0 Å². The Morgan fingerprint density at radius 1 is 1.47 bits per heavy atom. The Balaban J connectivity index is 2.35. The number of rotatable bonds is 2. The molecule has 0 N–H and O–H groups in total. The molecule has 0 aromatic heterocycles. The highest BCUT2D eigenvalue weighted by atomic mass is 35.5. The molecule has 1 aliphatic carbocycles. The van der Waals surface area contributed by atoms with Crippen LogP contribution >= 0.6 is 11.6 Å². The highest BCUT2D eigenvalue weighted by Gasteiger charge is 2.21. The molecule has 4 nitrogen and oxygen atoms in total. The van der Waals surface area contributed by atoms with Gasteiger partial charge in [0, 0.05) is 17.0 Å². The Kier molecular flexibility index (Phi) is 3.12. The van der Waals surface area contributed by atoms with Crippen LogP contribution in [0, 0.1) is 27.9 Å². The third kappa shape index (κ3) is 2.83. The summed E-state index contributed by atoms with van der Waals surface area (Å²) in [5, 5.41) is 11.0. The predicted octanol–water partition coefficient (Wildman–Crippen LogP) is 2.84. The third-order valence-corrected chi connectivity index (χ3v) is 2.60. The van der Waals surface area contributed by atoms with Gasteiger partial charge in [0.05, 0.1) is 4.92 Å². The topological polar surface area (TPSA) is 60.2 Å². The Hall–Kier alpha value is -1.86. The number of nitro groups is 1. The molecule has 1 aromatic rings. The minimum Gasteiger partial charge on any atom is -0.279 e. The largest absolute Gasteiger partial charge is 0.281 e. The maximum Gasteiger partial charge on any atom is 0.281 e. The minimum absolute atomic E-state index is 0.0457. The first-order chi connectivity index (χ1) is 8.08. The lowest BCUT2D eigenvalue weighted by atomic mass is 10.1. The maximum absolute atomic E-state index is 11.7. The van der Waals surface area contributed by atoms with Crippen LogP contribution in [0.3, 0.4) is 0 Å². The number of hydrogen-bond donors (Lipinski definition) is 0. The fourth-order valence-corrected chi connectivity index (χ4v) is 1.48. The molecule has 0 heterocycles. The molecule has 0 unspecified atom stereocenters. The first-order valence-electron chi connectivity index (χ1n) is 5.08. The summed E-state index contributed by atoms with van der Waals surface area (Å²) in [5.41, 5.74) is -0.305. The van der Waals surface area contributed by atoms with Crippen molar-refractivity contribution in [1.29, 1.82) is 0 Å². The standard InChI is InChI=1S/C12H8ClNO3/c13-9-4-5-11(14(16)17)10(7-9)12(15)6-3-8-1-2-8/h4-5,7-8H,1-2H2. The lowest BCUT2D eigenvalue weighted by Gasteiger charge is -1.98. The van der Waals surface area contributed by atoms with Gasteiger partial charge in [0.1, 0.15) is 5.56 Å². The quantitative estimate of drug-likeness (QED) is 0.266. The van der Waals surface area contributed by atoms with E-state index >= 15 is 0 Å². The zero-order valence-corrected chi connectivity index (χ0v) is 9.53. The summed E-state index contributed by atoms with van der Waals surface area (Å²) in [4.78, 5) is 21.9. The van der Waals surface area contributed by atoms with Crippen LogP contribution in [0.25, 0.3) is 0 Å². The normalized spacial score (nSPS) is 13.7. The van der Waals surface area contributed by atoms with Crippen molar-refractivity contribution in [2.45, 2.75) is 12.8 Å². The molecule has 0 saturated heterocycles. The second-order valence-corrected chi connectivity index (χ2v) is 4.23. The van der Waals surface area contributed by atoms with Gasteiger partial charge < -0.3 is 0 Å². The Morgan fingerprint density at radius 2 is 2.18 bits per heavy atom. The number of ketones is 1. The van der Waals surface area contributed by atoms with Gasteiger partial charge in [-0.1, -0.05) is 17.5 Å². The molecule has 1 saturated carbocycles. The fraction of sp³-hybridized carbons (Fsp3) is 0.250. The van der Waals surface area contributed by atoms with E-state index in [0.717, 1.165) is 12.8 Å². The molecule has 1 aromatic carbocycles. The van der Waals surface area contributed by atoms with Crippen molar-refractivity contribution in [1.82, 2.24) is 0 Å². The van der Waals surface area contributed by atoms with Crippen molar-refractivity contribution in [3.63, 3.8) is 0 Å². The fourth-order valence-electron chi connectivity index (χ4n) is 1.31. The van der Waals surface area contributed by atoms with Crippen LogP contribution in [0.5, 0.6) is 0 Å². The van der Waals surface area contributed by atoms with Gasteiger partial charge in [0.15, 0.2) is 0 Å². The van der Waals surface area contributed by atoms with E-state index in [-0.39, 0.29) is 22.2 Å². The molecular formula is C12H8ClNO3. The monoisotopic (exact) mass is 249 g/mol. The Labute approximate surface area is 103 Å². The summed E-state index contributed by atoms with van der Waals surface area (Å²) >= 11 is 5.72. The number of Topliss-reactive ketones (excluding diaryl/α,β-unsaturated/α-hetero) is 1. The number of carbonyl (C=O) groups is 1. The van der Waals surface area contributed by atoms with Gasteiger partial charge in [-0.25, -0.2) is 0 Å². The van der Waals surface area contributed by atoms with Gasteiger partial charge in [0.2, 0.25) is 5.78 Å². The molecule has 0 atom stereocenters. The van der Waals surface area contributed by atoms with Crippen LogP contribution in [0.15, 0.2) is 18.2 Å². The second-order valence-electron chi connectivity index (χ2n) is 3.79. The average Bonchev–Trinajstić information content (AvgIpc) is 3.09. The number of halogens is 1. The summed E-state index contributed by atoms with van der Waals surface area (Å²) in [6.45, 7) is 0. The summed E-state index contributed by atoms with van der Waals surface area (Å²) in [5.74, 6) is 4.93. The van der Waals surface area contributed by atoms with E-state index in [1.807, 2.05) is 0 Å². The second kappa shape index (κ2) is 4.56. The highest BCUT2D eigenvalue weighted by molar-refractivity contribution is 6.31. The van der Waals surface area contributed by atoms with Crippen molar-refractivity contribution in [2.75, 3.05) is 0 Å². The number of nitro benzene ring substituents is 1. The zero-order valence-electron chi connectivity index (χ0n) is 8.77. The summed E-state index contributed by atoms with van der Waals surface area (Å²) < 4.78 is 0. The summed E-state index contributed by atoms with van der Waals surface area (Å²) in [6.07, 6.45) is 2.00. The maximum atomic E-state index is 11.7. The van der Waals surface area contributed by atoms with Crippen molar-refractivity contribution in [2.24, 2.45) is 5.92 Å². The first kappa shape index (κ1) is 11.6. The number of hydrogen-bond acceptors (Lipinski definition) is 3. The highest BCUT2D eigenvalue weighted by Crippen LogP contribution is 2.28. The molecule has 0 bridgehead atoms.